The van der Waals surface area contributed by atoms with Gasteiger partial charge in [0.25, 0.3) is 0 Å². The van der Waals surface area contributed by atoms with Crippen LogP contribution >= 0.6 is 15.9 Å². The number of halogens is 1. The molecule has 0 radical (unpaired) electrons. The fourth-order valence-corrected chi connectivity index (χ4v) is 2.21. The maximum Gasteiger partial charge on any atom is 0.137 e. The van der Waals surface area contributed by atoms with Gasteiger partial charge in [0.15, 0.2) is 0 Å². The van der Waals surface area contributed by atoms with Crippen molar-refractivity contribution in [3.63, 3.8) is 0 Å². The Kier molecular flexibility index (Phi) is 2.89. The van der Waals surface area contributed by atoms with Crippen LogP contribution in [0.5, 0.6) is 0 Å². The molecule has 0 bridgehead atoms. The first-order chi connectivity index (χ1) is 8.74. The largest absolute Gasteiger partial charge is 0.319 e. The molecule has 2 heterocycles. The molecule has 90 valence electrons. The molecule has 0 aliphatic heterocycles. The lowest BCUT2D eigenvalue weighted by molar-refractivity contribution is 0.839. The summed E-state index contributed by atoms with van der Waals surface area (Å²) in [6.07, 6.45) is 3.95. The van der Waals surface area contributed by atoms with Gasteiger partial charge in [-0.15, -0.1) is 0 Å². The molecule has 0 aliphatic carbocycles. The molecule has 0 amide bonds. The number of fused-ring (bicyclic) bond motifs is 1. The molecule has 0 aliphatic rings. The Hall–Kier alpha value is -1.65. The van der Waals surface area contributed by atoms with Crippen LogP contribution in [0.25, 0.3) is 5.65 Å². The monoisotopic (exact) mass is 301 g/mol. The standard InChI is InChI=1S/C14H12BrN3/c15-11-6-4-10(5-7-11)14(16)12-9-18-8-2-1-3-13(18)17-12/h1-9,14H,16H2. The highest BCUT2D eigenvalue weighted by molar-refractivity contribution is 9.10. The van der Waals surface area contributed by atoms with Crippen molar-refractivity contribution in [2.24, 2.45) is 5.73 Å². The summed E-state index contributed by atoms with van der Waals surface area (Å²) < 4.78 is 3.03. The first-order valence-corrected chi connectivity index (χ1v) is 6.48. The predicted octanol–water partition coefficient (Wildman–Crippen LogP) is 3.14. The van der Waals surface area contributed by atoms with E-state index in [1.54, 1.807) is 0 Å². The molecular weight excluding hydrogens is 290 g/mol. The minimum absolute atomic E-state index is 0.196. The number of hydrogen-bond donors (Lipinski definition) is 1. The van der Waals surface area contributed by atoms with E-state index < -0.39 is 0 Å². The van der Waals surface area contributed by atoms with Crippen LogP contribution in [0.1, 0.15) is 17.3 Å². The Bertz CT molecular complexity index is 640. The number of aromatic nitrogens is 2. The number of nitrogens with zero attached hydrogens (tertiary/aromatic N) is 2. The van der Waals surface area contributed by atoms with Crippen molar-refractivity contribution in [3.05, 3.63) is 70.6 Å². The van der Waals surface area contributed by atoms with Gasteiger partial charge >= 0.3 is 0 Å². The second-order valence-corrected chi connectivity index (χ2v) is 5.08. The zero-order chi connectivity index (χ0) is 12.5. The van der Waals surface area contributed by atoms with Crippen LogP contribution in [0, 0.1) is 0 Å². The highest BCUT2D eigenvalue weighted by Crippen LogP contribution is 2.21. The molecule has 4 heteroatoms. The van der Waals surface area contributed by atoms with Gasteiger partial charge in [-0.1, -0.05) is 34.1 Å². The molecule has 2 aromatic heterocycles. The van der Waals surface area contributed by atoms with Crippen LogP contribution in [-0.2, 0) is 0 Å². The number of hydrogen-bond acceptors (Lipinski definition) is 2. The molecule has 1 atom stereocenters. The Morgan fingerprint density at radius 3 is 2.61 bits per heavy atom. The minimum atomic E-state index is -0.196. The number of rotatable bonds is 2. The summed E-state index contributed by atoms with van der Waals surface area (Å²) in [4.78, 5) is 4.54. The van der Waals surface area contributed by atoms with E-state index in [9.17, 15) is 0 Å². The van der Waals surface area contributed by atoms with Crippen molar-refractivity contribution < 1.29 is 0 Å². The minimum Gasteiger partial charge on any atom is -0.319 e. The molecule has 1 unspecified atom stereocenters. The topological polar surface area (TPSA) is 43.3 Å². The van der Waals surface area contributed by atoms with E-state index in [0.29, 0.717) is 0 Å². The molecule has 18 heavy (non-hydrogen) atoms. The second-order valence-electron chi connectivity index (χ2n) is 4.16. The van der Waals surface area contributed by atoms with E-state index in [1.807, 2.05) is 59.3 Å². The zero-order valence-corrected chi connectivity index (χ0v) is 11.2. The van der Waals surface area contributed by atoms with E-state index in [4.69, 9.17) is 5.73 Å². The van der Waals surface area contributed by atoms with Gasteiger partial charge in [0.05, 0.1) is 11.7 Å². The SMILES string of the molecule is NC(c1ccc(Br)cc1)c1cn2ccccc2n1. The van der Waals surface area contributed by atoms with Crippen molar-refractivity contribution >= 4 is 21.6 Å². The van der Waals surface area contributed by atoms with E-state index in [1.165, 1.54) is 0 Å². The first-order valence-electron chi connectivity index (χ1n) is 5.69. The molecule has 2 N–H and O–H groups in total. The lowest BCUT2D eigenvalue weighted by atomic mass is 10.1. The molecule has 3 aromatic rings. The van der Waals surface area contributed by atoms with Crippen molar-refractivity contribution in [3.8, 4) is 0 Å². The summed E-state index contributed by atoms with van der Waals surface area (Å²) in [5, 5.41) is 0. The zero-order valence-electron chi connectivity index (χ0n) is 9.62. The number of benzene rings is 1. The molecule has 0 saturated carbocycles. The summed E-state index contributed by atoms with van der Waals surface area (Å²) in [6, 6.07) is 13.7. The molecule has 1 aromatic carbocycles. The van der Waals surface area contributed by atoms with Gasteiger partial charge < -0.3 is 10.1 Å². The van der Waals surface area contributed by atoms with Gasteiger partial charge in [0.1, 0.15) is 5.65 Å². The molecule has 0 saturated heterocycles. The van der Waals surface area contributed by atoms with Gasteiger partial charge in [-0.2, -0.15) is 0 Å². The van der Waals surface area contributed by atoms with Gasteiger partial charge in [0.2, 0.25) is 0 Å². The third-order valence-corrected chi connectivity index (χ3v) is 3.46. The fourth-order valence-electron chi connectivity index (χ4n) is 1.95. The lowest BCUT2D eigenvalue weighted by Crippen LogP contribution is -2.11. The third-order valence-electron chi connectivity index (χ3n) is 2.93. The molecule has 3 nitrogen and oxygen atoms in total. The van der Waals surface area contributed by atoms with E-state index in [0.717, 1.165) is 21.4 Å². The van der Waals surface area contributed by atoms with Crippen LogP contribution in [0.15, 0.2) is 59.3 Å². The van der Waals surface area contributed by atoms with Gasteiger partial charge in [-0.3, -0.25) is 0 Å². The molecular formula is C14H12BrN3. The number of pyridine rings is 1. The van der Waals surface area contributed by atoms with Crippen LogP contribution in [0.4, 0.5) is 0 Å². The second kappa shape index (κ2) is 4.55. The maximum atomic E-state index is 6.24. The molecule has 3 rings (SSSR count). The Morgan fingerprint density at radius 1 is 1.11 bits per heavy atom. The smallest absolute Gasteiger partial charge is 0.137 e. The van der Waals surface area contributed by atoms with Gasteiger partial charge in [-0.05, 0) is 29.8 Å². The van der Waals surface area contributed by atoms with Crippen LogP contribution in [0.2, 0.25) is 0 Å². The van der Waals surface area contributed by atoms with Crippen LogP contribution in [-0.4, -0.2) is 9.38 Å². The summed E-state index contributed by atoms with van der Waals surface area (Å²) in [6.45, 7) is 0. The normalized spacial score (nSPS) is 12.8. The number of imidazole rings is 1. The van der Waals surface area contributed by atoms with Crippen LogP contribution in [0.3, 0.4) is 0 Å². The van der Waals surface area contributed by atoms with Gasteiger partial charge in [0, 0.05) is 16.9 Å². The predicted molar refractivity (Wildman–Crippen MR) is 75.4 cm³/mol. The Labute approximate surface area is 113 Å². The lowest BCUT2D eigenvalue weighted by Gasteiger charge is -2.08. The van der Waals surface area contributed by atoms with E-state index >= 15 is 0 Å². The van der Waals surface area contributed by atoms with Crippen molar-refractivity contribution in [2.75, 3.05) is 0 Å². The van der Waals surface area contributed by atoms with Crippen molar-refractivity contribution in [2.45, 2.75) is 6.04 Å². The Morgan fingerprint density at radius 2 is 1.89 bits per heavy atom. The Balaban J connectivity index is 2.00. The summed E-state index contributed by atoms with van der Waals surface area (Å²) in [7, 11) is 0. The molecule has 0 fully saturated rings. The average Bonchev–Trinajstić information content (AvgIpc) is 2.82. The quantitative estimate of drug-likeness (QED) is 0.790. The summed E-state index contributed by atoms with van der Waals surface area (Å²) in [5.41, 5.74) is 9.09. The summed E-state index contributed by atoms with van der Waals surface area (Å²) in [5.74, 6) is 0. The highest BCUT2D eigenvalue weighted by Gasteiger charge is 2.12. The number of nitrogens with two attached hydrogens (primary N) is 1. The third kappa shape index (κ3) is 2.05. The van der Waals surface area contributed by atoms with E-state index in [-0.39, 0.29) is 6.04 Å². The van der Waals surface area contributed by atoms with Crippen molar-refractivity contribution in [1.29, 1.82) is 0 Å². The van der Waals surface area contributed by atoms with Gasteiger partial charge in [-0.25, -0.2) is 4.98 Å². The van der Waals surface area contributed by atoms with Crippen molar-refractivity contribution in [1.82, 2.24) is 9.38 Å². The van der Waals surface area contributed by atoms with E-state index in [2.05, 4.69) is 20.9 Å². The highest BCUT2D eigenvalue weighted by atomic mass is 79.9. The average molecular weight is 302 g/mol. The van der Waals surface area contributed by atoms with Crippen LogP contribution < -0.4 is 5.73 Å². The fraction of sp³-hybridized carbons (Fsp3) is 0.0714. The maximum absolute atomic E-state index is 6.24. The summed E-state index contributed by atoms with van der Waals surface area (Å²) >= 11 is 3.42. The molecule has 0 spiro atoms. The first kappa shape index (κ1) is 11.4.